The van der Waals surface area contributed by atoms with E-state index < -0.39 is 0 Å². The molecule has 84 valence electrons. The molecule has 1 amide bonds. The molecule has 0 aliphatic rings. The van der Waals surface area contributed by atoms with Crippen LogP contribution in [0.3, 0.4) is 0 Å². The lowest BCUT2D eigenvalue weighted by atomic mass is 10.2. The smallest absolute Gasteiger partial charge is 0.273 e. The Kier molecular flexibility index (Phi) is 2.88. The molecule has 0 radical (unpaired) electrons. The van der Waals surface area contributed by atoms with Crippen molar-refractivity contribution in [3.05, 3.63) is 48.0 Å². The van der Waals surface area contributed by atoms with Gasteiger partial charge in [0.25, 0.3) is 5.91 Å². The highest BCUT2D eigenvalue weighted by Gasteiger charge is 2.09. The van der Waals surface area contributed by atoms with Gasteiger partial charge in [0.05, 0.1) is 24.2 Å². The molecule has 1 aromatic heterocycles. The standard InChI is InChI=1S/C12H10N4O/c1-16-8-14-7-11(16)12(17)15-10-4-2-3-9(5-10)6-13/h2-5,7-8H,1H3,(H,15,17). The number of hydrogen-bond donors (Lipinski definition) is 1. The molecule has 0 atom stereocenters. The fourth-order valence-electron chi connectivity index (χ4n) is 1.44. The molecule has 1 heterocycles. The fraction of sp³-hybridized carbons (Fsp3) is 0.0833. The number of nitrogens with zero attached hydrogens (tertiary/aromatic N) is 3. The minimum atomic E-state index is -0.250. The van der Waals surface area contributed by atoms with Crippen LogP contribution in [0.5, 0.6) is 0 Å². The van der Waals surface area contributed by atoms with Gasteiger partial charge in [0.15, 0.2) is 0 Å². The van der Waals surface area contributed by atoms with E-state index in [1.165, 1.54) is 6.20 Å². The highest BCUT2D eigenvalue weighted by atomic mass is 16.1. The molecular formula is C12H10N4O. The van der Waals surface area contributed by atoms with Crippen LogP contribution < -0.4 is 5.32 Å². The minimum absolute atomic E-state index is 0.250. The van der Waals surface area contributed by atoms with Crippen molar-refractivity contribution in [2.45, 2.75) is 0 Å². The predicted octanol–water partition coefficient (Wildman–Crippen LogP) is 1.54. The van der Waals surface area contributed by atoms with Gasteiger partial charge < -0.3 is 9.88 Å². The molecule has 0 aliphatic heterocycles. The van der Waals surface area contributed by atoms with E-state index in [2.05, 4.69) is 10.3 Å². The van der Waals surface area contributed by atoms with Crippen LogP contribution in [0.1, 0.15) is 16.1 Å². The summed E-state index contributed by atoms with van der Waals surface area (Å²) in [4.78, 5) is 15.7. The Morgan fingerprint density at radius 2 is 2.35 bits per heavy atom. The number of rotatable bonds is 2. The van der Waals surface area contributed by atoms with Gasteiger partial charge in [-0.3, -0.25) is 4.79 Å². The first kappa shape index (κ1) is 10.9. The molecule has 1 N–H and O–H groups in total. The van der Waals surface area contributed by atoms with Gasteiger partial charge in [-0.05, 0) is 18.2 Å². The molecule has 0 fully saturated rings. The van der Waals surface area contributed by atoms with Crippen molar-refractivity contribution in [1.29, 1.82) is 5.26 Å². The predicted molar refractivity (Wildman–Crippen MR) is 62.3 cm³/mol. The van der Waals surface area contributed by atoms with Gasteiger partial charge in [0.1, 0.15) is 5.69 Å². The maximum atomic E-state index is 11.8. The number of carbonyl (C=O) groups is 1. The maximum Gasteiger partial charge on any atom is 0.273 e. The van der Waals surface area contributed by atoms with Crippen molar-refractivity contribution in [1.82, 2.24) is 9.55 Å². The van der Waals surface area contributed by atoms with E-state index in [0.29, 0.717) is 16.9 Å². The third-order valence-corrected chi connectivity index (χ3v) is 2.30. The highest BCUT2D eigenvalue weighted by molar-refractivity contribution is 6.02. The van der Waals surface area contributed by atoms with Crippen molar-refractivity contribution in [2.24, 2.45) is 7.05 Å². The van der Waals surface area contributed by atoms with E-state index in [9.17, 15) is 4.79 Å². The Hall–Kier alpha value is -2.61. The van der Waals surface area contributed by atoms with E-state index in [0.717, 1.165) is 0 Å². The van der Waals surface area contributed by atoms with Crippen LogP contribution in [0.15, 0.2) is 36.8 Å². The van der Waals surface area contributed by atoms with Crippen LogP contribution in [-0.4, -0.2) is 15.5 Å². The van der Waals surface area contributed by atoms with Crippen molar-refractivity contribution < 1.29 is 4.79 Å². The van der Waals surface area contributed by atoms with Crippen molar-refractivity contribution in [3.8, 4) is 6.07 Å². The van der Waals surface area contributed by atoms with Crippen LogP contribution >= 0.6 is 0 Å². The van der Waals surface area contributed by atoms with Crippen LogP contribution in [0.2, 0.25) is 0 Å². The van der Waals surface area contributed by atoms with Gasteiger partial charge in [0, 0.05) is 12.7 Å². The summed E-state index contributed by atoms with van der Waals surface area (Å²) in [6.07, 6.45) is 3.05. The summed E-state index contributed by atoms with van der Waals surface area (Å²) >= 11 is 0. The van der Waals surface area contributed by atoms with Crippen LogP contribution in [-0.2, 0) is 7.05 Å². The highest BCUT2D eigenvalue weighted by Crippen LogP contribution is 2.11. The average Bonchev–Trinajstić information content (AvgIpc) is 2.76. The zero-order valence-electron chi connectivity index (χ0n) is 9.21. The topological polar surface area (TPSA) is 70.7 Å². The molecule has 0 bridgehead atoms. The van der Waals surface area contributed by atoms with Crippen molar-refractivity contribution in [3.63, 3.8) is 0 Å². The number of amides is 1. The molecule has 0 saturated heterocycles. The minimum Gasteiger partial charge on any atom is -0.330 e. The molecule has 0 aliphatic carbocycles. The van der Waals surface area contributed by atoms with Gasteiger partial charge in [-0.25, -0.2) is 4.98 Å². The number of imidazole rings is 1. The molecule has 2 aromatic rings. The summed E-state index contributed by atoms with van der Waals surface area (Å²) in [6, 6.07) is 8.77. The second-order valence-electron chi connectivity index (χ2n) is 3.54. The quantitative estimate of drug-likeness (QED) is 0.844. The van der Waals surface area contributed by atoms with Crippen molar-refractivity contribution in [2.75, 3.05) is 5.32 Å². The van der Waals surface area contributed by atoms with Gasteiger partial charge in [-0.2, -0.15) is 5.26 Å². The number of nitrogens with one attached hydrogen (secondary N) is 1. The van der Waals surface area contributed by atoms with Gasteiger partial charge in [0.2, 0.25) is 0 Å². The third-order valence-electron chi connectivity index (χ3n) is 2.30. The largest absolute Gasteiger partial charge is 0.330 e. The second kappa shape index (κ2) is 4.49. The summed E-state index contributed by atoms with van der Waals surface area (Å²) in [5, 5.41) is 11.5. The molecule has 5 heteroatoms. The fourth-order valence-corrected chi connectivity index (χ4v) is 1.44. The number of aryl methyl sites for hydroxylation is 1. The van der Waals surface area contributed by atoms with E-state index in [1.54, 1.807) is 42.2 Å². The zero-order chi connectivity index (χ0) is 12.3. The monoisotopic (exact) mass is 226 g/mol. The Morgan fingerprint density at radius 1 is 1.53 bits per heavy atom. The SMILES string of the molecule is Cn1cncc1C(=O)Nc1cccc(C#N)c1. The first-order valence-electron chi connectivity index (χ1n) is 4.98. The van der Waals surface area contributed by atoms with Crippen LogP contribution in [0.4, 0.5) is 5.69 Å². The molecule has 0 saturated carbocycles. The number of carbonyl (C=O) groups excluding carboxylic acids is 1. The average molecular weight is 226 g/mol. The summed E-state index contributed by atoms with van der Waals surface area (Å²) in [5.41, 5.74) is 1.57. The van der Waals surface area contributed by atoms with E-state index in [4.69, 9.17) is 5.26 Å². The molecule has 2 rings (SSSR count). The number of aromatic nitrogens is 2. The van der Waals surface area contributed by atoms with Crippen molar-refractivity contribution >= 4 is 11.6 Å². The normalized spacial score (nSPS) is 9.65. The Labute approximate surface area is 98.3 Å². The lowest BCUT2D eigenvalue weighted by Gasteiger charge is -2.05. The van der Waals surface area contributed by atoms with E-state index >= 15 is 0 Å². The Morgan fingerprint density at radius 3 is 3.00 bits per heavy atom. The lowest BCUT2D eigenvalue weighted by Crippen LogP contribution is -2.15. The van der Waals surface area contributed by atoms with E-state index in [1.807, 2.05) is 6.07 Å². The first-order chi connectivity index (χ1) is 8.20. The second-order valence-corrected chi connectivity index (χ2v) is 3.54. The summed E-state index contributed by atoms with van der Waals surface area (Å²) < 4.78 is 1.63. The third kappa shape index (κ3) is 2.32. The number of anilines is 1. The van der Waals surface area contributed by atoms with Gasteiger partial charge in [-0.15, -0.1) is 0 Å². The van der Waals surface area contributed by atoms with Gasteiger partial charge >= 0.3 is 0 Å². The summed E-state index contributed by atoms with van der Waals surface area (Å²) in [6.45, 7) is 0. The maximum absolute atomic E-state index is 11.8. The summed E-state index contributed by atoms with van der Waals surface area (Å²) in [5.74, 6) is -0.250. The Balaban J connectivity index is 2.19. The summed E-state index contributed by atoms with van der Waals surface area (Å²) in [7, 11) is 1.74. The number of nitriles is 1. The molecule has 17 heavy (non-hydrogen) atoms. The molecule has 0 spiro atoms. The Bertz CT molecular complexity index is 595. The van der Waals surface area contributed by atoms with Crippen LogP contribution in [0.25, 0.3) is 0 Å². The molecule has 1 aromatic carbocycles. The molecular weight excluding hydrogens is 216 g/mol. The van der Waals surface area contributed by atoms with E-state index in [-0.39, 0.29) is 5.91 Å². The number of hydrogen-bond acceptors (Lipinski definition) is 3. The number of benzene rings is 1. The lowest BCUT2D eigenvalue weighted by molar-refractivity contribution is 0.101. The molecule has 5 nitrogen and oxygen atoms in total. The molecule has 0 unspecified atom stereocenters. The zero-order valence-corrected chi connectivity index (χ0v) is 9.21. The van der Waals surface area contributed by atoms with Crippen LogP contribution in [0, 0.1) is 11.3 Å². The van der Waals surface area contributed by atoms with Gasteiger partial charge in [-0.1, -0.05) is 6.07 Å². The first-order valence-corrected chi connectivity index (χ1v) is 4.98.